The van der Waals surface area contributed by atoms with E-state index in [1.165, 1.54) is 0 Å². The van der Waals surface area contributed by atoms with E-state index in [-0.39, 0.29) is 12.6 Å². The van der Waals surface area contributed by atoms with E-state index < -0.39 is 0 Å². The molecule has 0 aromatic heterocycles. The molecule has 0 aromatic rings. The van der Waals surface area contributed by atoms with Crippen LogP contribution in [-0.2, 0) is 14.2 Å². The number of rotatable bonds is 12. The zero-order chi connectivity index (χ0) is 12.1. The molecule has 98 valence electrons. The van der Waals surface area contributed by atoms with Crippen LogP contribution in [0.15, 0.2) is 0 Å². The van der Waals surface area contributed by atoms with E-state index in [0.29, 0.717) is 26.4 Å². The highest BCUT2D eigenvalue weighted by Crippen LogP contribution is 1.91. The third kappa shape index (κ3) is 10.3. The molecule has 0 saturated carbocycles. The van der Waals surface area contributed by atoms with Gasteiger partial charge in [0.25, 0.3) is 0 Å². The first-order valence-corrected chi connectivity index (χ1v) is 5.77. The van der Waals surface area contributed by atoms with Crippen LogP contribution >= 0.6 is 0 Å². The second-order valence-corrected chi connectivity index (χ2v) is 3.53. The lowest BCUT2D eigenvalue weighted by Crippen LogP contribution is -2.30. The maximum atomic E-state index is 8.89. The minimum atomic E-state index is 0.127. The Labute approximate surface area is 98.1 Å². The monoisotopic (exact) mass is 235 g/mol. The molecule has 0 amide bonds. The first kappa shape index (κ1) is 15.8. The van der Waals surface area contributed by atoms with Gasteiger partial charge in [0.1, 0.15) is 0 Å². The van der Waals surface area contributed by atoms with Crippen molar-refractivity contribution in [1.82, 2.24) is 5.32 Å². The first-order chi connectivity index (χ1) is 7.85. The molecule has 0 aliphatic heterocycles. The van der Waals surface area contributed by atoms with Crippen molar-refractivity contribution in [2.24, 2.45) is 0 Å². The van der Waals surface area contributed by atoms with Gasteiger partial charge in [-0.2, -0.15) is 0 Å². The molecule has 0 saturated heterocycles. The Morgan fingerprint density at radius 2 is 1.75 bits per heavy atom. The molecule has 2 N–H and O–H groups in total. The molecule has 0 spiro atoms. The predicted octanol–water partition coefficient (Wildman–Crippen LogP) is 0.0265. The van der Waals surface area contributed by atoms with E-state index >= 15 is 0 Å². The summed E-state index contributed by atoms with van der Waals surface area (Å²) in [6.45, 7) is 3.47. The zero-order valence-electron chi connectivity index (χ0n) is 10.4. The van der Waals surface area contributed by atoms with Crippen molar-refractivity contribution < 1.29 is 19.3 Å². The maximum absolute atomic E-state index is 8.89. The highest BCUT2D eigenvalue weighted by Gasteiger charge is 2.02. The lowest BCUT2D eigenvalue weighted by atomic mass is 10.2. The van der Waals surface area contributed by atoms with Crippen LogP contribution in [0.25, 0.3) is 0 Å². The van der Waals surface area contributed by atoms with Crippen molar-refractivity contribution in [3.8, 4) is 0 Å². The molecule has 0 aliphatic rings. The van der Waals surface area contributed by atoms with Crippen molar-refractivity contribution in [2.45, 2.75) is 18.9 Å². The fraction of sp³-hybridized carbons (Fsp3) is 1.00. The summed E-state index contributed by atoms with van der Waals surface area (Å²) in [4.78, 5) is 0. The Bertz CT molecular complexity index is 131. The van der Waals surface area contributed by atoms with Crippen molar-refractivity contribution in [2.75, 3.05) is 53.8 Å². The van der Waals surface area contributed by atoms with Gasteiger partial charge in [-0.1, -0.05) is 0 Å². The van der Waals surface area contributed by atoms with Gasteiger partial charge in [0.2, 0.25) is 0 Å². The zero-order valence-corrected chi connectivity index (χ0v) is 10.4. The van der Waals surface area contributed by atoms with Crippen LogP contribution in [0.5, 0.6) is 0 Å². The molecule has 5 heteroatoms. The van der Waals surface area contributed by atoms with E-state index in [1.54, 1.807) is 7.11 Å². The van der Waals surface area contributed by atoms with Gasteiger partial charge in [0, 0.05) is 33.0 Å². The highest BCUT2D eigenvalue weighted by molar-refractivity contribution is 4.60. The molecule has 1 unspecified atom stereocenters. The van der Waals surface area contributed by atoms with Gasteiger partial charge in [-0.3, -0.25) is 0 Å². The second kappa shape index (κ2) is 12.9. The van der Waals surface area contributed by atoms with Crippen LogP contribution in [0.2, 0.25) is 0 Å². The third-order valence-electron chi connectivity index (χ3n) is 2.25. The molecule has 1 atom stereocenters. The number of methoxy groups -OCH3 is 1. The Morgan fingerprint density at radius 3 is 2.31 bits per heavy atom. The lowest BCUT2D eigenvalue weighted by molar-refractivity contribution is 0.0356. The number of ether oxygens (including phenoxy) is 3. The summed E-state index contributed by atoms with van der Waals surface area (Å²) in [5, 5.41) is 11.9. The van der Waals surface area contributed by atoms with Crippen molar-refractivity contribution in [3.63, 3.8) is 0 Å². The standard InChI is InChI=1S/C11H25NO4/c1-12-11(10-13)4-7-16-9-8-15-6-3-5-14-2/h11-13H,3-10H2,1-2H3. The summed E-state index contributed by atoms with van der Waals surface area (Å²) < 4.78 is 15.6. The number of hydrogen-bond donors (Lipinski definition) is 2. The van der Waals surface area contributed by atoms with E-state index in [2.05, 4.69) is 5.32 Å². The molecule has 0 heterocycles. The van der Waals surface area contributed by atoms with E-state index in [4.69, 9.17) is 19.3 Å². The van der Waals surface area contributed by atoms with Crippen LogP contribution in [0.1, 0.15) is 12.8 Å². The molecule has 16 heavy (non-hydrogen) atoms. The lowest BCUT2D eigenvalue weighted by Gasteiger charge is -2.12. The third-order valence-corrected chi connectivity index (χ3v) is 2.25. The minimum Gasteiger partial charge on any atom is -0.395 e. The van der Waals surface area contributed by atoms with Crippen molar-refractivity contribution >= 4 is 0 Å². The van der Waals surface area contributed by atoms with Gasteiger partial charge >= 0.3 is 0 Å². The summed E-state index contributed by atoms with van der Waals surface area (Å²) in [7, 11) is 3.52. The van der Waals surface area contributed by atoms with Gasteiger partial charge in [0.05, 0.1) is 19.8 Å². The van der Waals surface area contributed by atoms with E-state index in [1.807, 2.05) is 7.05 Å². The quantitative estimate of drug-likeness (QED) is 0.467. The molecular formula is C11H25NO4. The largest absolute Gasteiger partial charge is 0.395 e. The maximum Gasteiger partial charge on any atom is 0.0700 e. The smallest absolute Gasteiger partial charge is 0.0700 e. The number of likely N-dealkylation sites (N-methyl/N-ethyl adjacent to an activating group) is 1. The number of aliphatic hydroxyl groups excluding tert-OH is 1. The fourth-order valence-corrected chi connectivity index (χ4v) is 1.18. The summed E-state index contributed by atoms with van der Waals surface area (Å²) in [6, 6.07) is 0.127. The molecule has 0 fully saturated rings. The normalized spacial score (nSPS) is 12.9. The van der Waals surface area contributed by atoms with Crippen molar-refractivity contribution in [3.05, 3.63) is 0 Å². The van der Waals surface area contributed by atoms with Gasteiger partial charge in [-0.25, -0.2) is 0 Å². The second-order valence-electron chi connectivity index (χ2n) is 3.53. The Morgan fingerprint density at radius 1 is 1.06 bits per heavy atom. The Kier molecular flexibility index (Phi) is 12.7. The average Bonchev–Trinajstić information content (AvgIpc) is 2.32. The Hall–Kier alpha value is -0.200. The number of aliphatic hydroxyl groups is 1. The highest BCUT2D eigenvalue weighted by atomic mass is 16.5. The number of nitrogens with one attached hydrogen (secondary N) is 1. The van der Waals surface area contributed by atoms with E-state index in [0.717, 1.165) is 19.4 Å². The van der Waals surface area contributed by atoms with Crippen molar-refractivity contribution in [1.29, 1.82) is 0 Å². The van der Waals surface area contributed by atoms with Crippen LogP contribution in [0.3, 0.4) is 0 Å². The minimum absolute atomic E-state index is 0.127. The van der Waals surface area contributed by atoms with Gasteiger partial charge in [-0.05, 0) is 19.9 Å². The molecule has 0 bridgehead atoms. The molecular weight excluding hydrogens is 210 g/mol. The summed E-state index contributed by atoms with van der Waals surface area (Å²) in [6.07, 6.45) is 1.74. The van der Waals surface area contributed by atoms with Gasteiger partial charge < -0.3 is 24.6 Å². The summed E-state index contributed by atoms with van der Waals surface area (Å²) >= 11 is 0. The molecule has 0 radical (unpaired) electrons. The molecule has 5 nitrogen and oxygen atoms in total. The SMILES string of the molecule is CNC(CO)CCOCCOCCCOC. The molecule has 0 rings (SSSR count). The topological polar surface area (TPSA) is 60.0 Å². The Balaban J connectivity index is 3.03. The molecule has 0 aromatic carbocycles. The average molecular weight is 235 g/mol. The van der Waals surface area contributed by atoms with Gasteiger partial charge in [-0.15, -0.1) is 0 Å². The molecule has 0 aliphatic carbocycles. The van der Waals surface area contributed by atoms with Gasteiger partial charge in [0.15, 0.2) is 0 Å². The van der Waals surface area contributed by atoms with Crippen LogP contribution < -0.4 is 5.32 Å². The summed E-state index contributed by atoms with van der Waals surface area (Å²) in [5.41, 5.74) is 0. The first-order valence-electron chi connectivity index (χ1n) is 5.77. The fourth-order valence-electron chi connectivity index (χ4n) is 1.18. The van der Waals surface area contributed by atoms with E-state index in [9.17, 15) is 0 Å². The number of hydrogen-bond acceptors (Lipinski definition) is 5. The van der Waals surface area contributed by atoms with Crippen LogP contribution in [0, 0.1) is 0 Å². The summed E-state index contributed by atoms with van der Waals surface area (Å²) in [5.74, 6) is 0. The predicted molar refractivity (Wildman–Crippen MR) is 62.7 cm³/mol. The van der Waals surface area contributed by atoms with Crippen LogP contribution in [0.4, 0.5) is 0 Å². The van der Waals surface area contributed by atoms with Crippen LogP contribution in [-0.4, -0.2) is 64.9 Å².